The van der Waals surface area contributed by atoms with Crippen LogP contribution >= 0.6 is 34.8 Å². The monoisotopic (exact) mass is 585 g/mol. The van der Waals surface area contributed by atoms with Gasteiger partial charge in [-0.15, -0.1) is 0 Å². The van der Waals surface area contributed by atoms with E-state index in [-0.39, 0.29) is 23.0 Å². The fraction of sp³-hybridized carbons (Fsp3) is 0.241. The van der Waals surface area contributed by atoms with Gasteiger partial charge in [0.25, 0.3) is 5.56 Å². The van der Waals surface area contributed by atoms with Crippen LogP contribution in [0.4, 0.5) is 5.69 Å². The number of fused-ring (bicyclic) bond motifs is 1. The average molecular weight is 587 g/mol. The van der Waals surface area contributed by atoms with Gasteiger partial charge >= 0.3 is 0 Å². The second-order valence-electron chi connectivity index (χ2n) is 9.45. The molecule has 4 rings (SSSR count). The summed E-state index contributed by atoms with van der Waals surface area (Å²) in [6.45, 7) is 6.75. The molecule has 0 bridgehead atoms. The molecule has 0 aliphatic heterocycles. The number of anilines is 1. The third kappa shape index (κ3) is 5.53. The highest BCUT2D eigenvalue weighted by Crippen LogP contribution is 2.42. The fourth-order valence-corrected chi connectivity index (χ4v) is 5.16. The summed E-state index contributed by atoms with van der Waals surface area (Å²) < 4.78 is 7.04. The first-order valence-electron chi connectivity index (χ1n) is 12.1. The van der Waals surface area contributed by atoms with Crippen molar-refractivity contribution in [3.63, 3.8) is 0 Å². The van der Waals surface area contributed by atoms with Crippen molar-refractivity contribution in [2.75, 3.05) is 12.0 Å². The minimum atomic E-state index is -0.569. The molecule has 0 unspecified atom stereocenters. The Hall–Kier alpha value is -3.39. The second-order valence-corrected chi connectivity index (χ2v) is 10.7. The van der Waals surface area contributed by atoms with E-state index in [1.54, 1.807) is 36.4 Å². The molecule has 202 valence electrons. The minimum Gasteiger partial charge on any atom is -0.490 e. The van der Waals surface area contributed by atoms with Gasteiger partial charge in [-0.1, -0.05) is 60.8 Å². The van der Waals surface area contributed by atoms with Crippen LogP contribution in [0.3, 0.4) is 0 Å². The number of carbonyl (C=O) groups is 2. The van der Waals surface area contributed by atoms with Gasteiger partial charge in [0.2, 0.25) is 17.6 Å². The van der Waals surface area contributed by atoms with Crippen molar-refractivity contribution in [3.8, 4) is 28.1 Å². The summed E-state index contributed by atoms with van der Waals surface area (Å²) in [7, 11) is 1.33. The molecule has 0 N–H and O–H groups in total. The van der Waals surface area contributed by atoms with E-state index in [1.165, 1.54) is 25.5 Å². The van der Waals surface area contributed by atoms with E-state index < -0.39 is 17.4 Å². The zero-order valence-electron chi connectivity index (χ0n) is 22.0. The first kappa shape index (κ1) is 28.6. The predicted octanol–water partition coefficient (Wildman–Crippen LogP) is 7.25. The van der Waals surface area contributed by atoms with E-state index in [2.05, 4.69) is 0 Å². The minimum absolute atomic E-state index is 0.0361. The van der Waals surface area contributed by atoms with E-state index in [1.807, 2.05) is 26.0 Å². The molecule has 7 nitrogen and oxygen atoms in total. The van der Waals surface area contributed by atoms with Crippen LogP contribution in [-0.4, -0.2) is 28.5 Å². The van der Waals surface area contributed by atoms with Gasteiger partial charge in [-0.25, -0.2) is 9.88 Å². The highest BCUT2D eigenvalue weighted by molar-refractivity contribution is 6.36. The SMILES string of the molecule is COc1c(N(C(C)=O)C(C)=O)c2cc(-c3ccc(Cl)cc3)c(-c3ccc(Cl)cc3Cl)nc2n(CC(C)C)c1=O. The van der Waals surface area contributed by atoms with Crippen LogP contribution in [0.2, 0.25) is 15.1 Å². The zero-order chi connectivity index (χ0) is 28.6. The first-order chi connectivity index (χ1) is 18.4. The number of amides is 2. The standard InChI is InChI=1S/C29H26Cl3N3O4/c1-15(2)14-34-28-23(26(27(39-5)29(34)38)35(16(3)36)17(4)37)13-22(18-6-8-19(30)9-7-18)25(33-28)21-11-10-20(31)12-24(21)32/h6-13,15H,14H2,1-5H3. The maximum Gasteiger partial charge on any atom is 0.296 e. The largest absolute Gasteiger partial charge is 0.490 e. The van der Waals surface area contributed by atoms with Gasteiger partial charge in [-0.3, -0.25) is 19.0 Å². The van der Waals surface area contributed by atoms with Gasteiger partial charge in [-0.2, -0.15) is 0 Å². The number of pyridine rings is 2. The number of nitrogens with zero attached hydrogens (tertiary/aromatic N) is 3. The lowest BCUT2D eigenvalue weighted by Crippen LogP contribution is -2.36. The molecule has 0 saturated carbocycles. The maximum atomic E-state index is 13.8. The van der Waals surface area contributed by atoms with Crippen LogP contribution in [-0.2, 0) is 16.1 Å². The highest BCUT2D eigenvalue weighted by atomic mass is 35.5. The van der Waals surface area contributed by atoms with Crippen molar-refractivity contribution in [2.24, 2.45) is 5.92 Å². The van der Waals surface area contributed by atoms with E-state index >= 15 is 0 Å². The van der Waals surface area contributed by atoms with Gasteiger partial charge in [0, 0.05) is 47.0 Å². The lowest BCUT2D eigenvalue weighted by Gasteiger charge is -2.25. The quantitative estimate of drug-likeness (QED) is 0.238. The smallest absolute Gasteiger partial charge is 0.296 e. The summed E-state index contributed by atoms with van der Waals surface area (Å²) in [5.41, 5.74) is 2.25. The third-order valence-electron chi connectivity index (χ3n) is 6.11. The molecule has 0 atom stereocenters. The Morgan fingerprint density at radius 1 is 0.949 bits per heavy atom. The summed E-state index contributed by atoms with van der Waals surface area (Å²) in [5.74, 6) is -1.20. The molecule has 0 aliphatic carbocycles. The van der Waals surface area contributed by atoms with Crippen molar-refractivity contribution in [1.29, 1.82) is 0 Å². The van der Waals surface area contributed by atoms with Crippen molar-refractivity contribution < 1.29 is 14.3 Å². The van der Waals surface area contributed by atoms with Crippen molar-refractivity contribution in [3.05, 3.63) is 74.0 Å². The number of benzene rings is 2. The lowest BCUT2D eigenvalue weighted by atomic mass is 9.97. The molecular weight excluding hydrogens is 561 g/mol. The Balaban J connectivity index is 2.27. The number of methoxy groups -OCH3 is 1. The summed E-state index contributed by atoms with van der Waals surface area (Å²) in [6.07, 6.45) is 0. The molecule has 2 heterocycles. The number of carbonyl (C=O) groups excluding carboxylic acids is 2. The number of aromatic nitrogens is 2. The second kappa shape index (κ2) is 11.4. The molecule has 2 aromatic carbocycles. The summed E-state index contributed by atoms with van der Waals surface area (Å²) in [5, 5.41) is 1.76. The molecule has 2 amide bonds. The predicted molar refractivity (Wildman–Crippen MR) is 157 cm³/mol. The summed E-state index contributed by atoms with van der Waals surface area (Å²) in [6, 6.07) is 14.0. The van der Waals surface area contributed by atoms with Crippen LogP contribution in [0, 0.1) is 5.92 Å². The van der Waals surface area contributed by atoms with Crippen LogP contribution in [0.5, 0.6) is 5.75 Å². The van der Waals surface area contributed by atoms with E-state index in [9.17, 15) is 14.4 Å². The van der Waals surface area contributed by atoms with Crippen LogP contribution in [0.15, 0.2) is 53.3 Å². The lowest BCUT2D eigenvalue weighted by molar-refractivity contribution is -0.124. The highest BCUT2D eigenvalue weighted by Gasteiger charge is 2.29. The van der Waals surface area contributed by atoms with Crippen LogP contribution < -0.4 is 15.2 Å². The average Bonchev–Trinajstić information content (AvgIpc) is 2.86. The molecule has 4 aromatic rings. The van der Waals surface area contributed by atoms with Crippen LogP contribution in [0.25, 0.3) is 33.4 Å². The molecule has 0 radical (unpaired) electrons. The molecule has 10 heteroatoms. The normalized spacial score (nSPS) is 11.2. The maximum absolute atomic E-state index is 13.8. The molecule has 2 aromatic heterocycles. The number of hydrogen-bond donors (Lipinski definition) is 0. The Kier molecular flexibility index (Phi) is 8.35. The van der Waals surface area contributed by atoms with Crippen LogP contribution in [0.1, 0.15) is 27.7 Å². The summed E-state index contributed by atoms with van der Waals surface area (Å²) in [4.78, 5) is 45.1. The van der Waals surface area contributed by atoms with Crippen molar-refractivity contribution in [2.45, 2.75) is 34.2 Å². The van der Waals surface area contributed by atoms with Gasteiger partial charge in [0.05, 0.1) is 17.8 Å². The summed E-state index contributed by atoms with van der Waals surface area (Å²) >= 11 is 19.0. The third-order valence-corrected chi connectivity index (χ3v) is 6.91. The number of hydrogen-bond acceptors (Lipinski definition) is 5. The Bertz CT molecular complexity index is 1650. The molecule has 39 heavy (non-hydrogen) atoms. The van der Waals surface area contributed by atoms with E-state index in [4.69, 9.17) is 44.5 Å². The fourth-order valence-electron chi connectivity index (χ4n) is 4.54. The van der Waals surface area contributed by atoms with Gasteiger partial charge in [0.15, 0.2) is 0 Å². The molecule has 0 saturated heterocycles. The van der Waals surface area contributed by atoms with E-state index in [0.29, 0.717) is 43.8 Å². The number of halogens is 3. The number of ether oxygens (including phenoxy) is 1. The van der Waals surface area contributed by atoms with Gasteiger partial charge in [0.1, 0.15) is 11.3 Å². The zero-order valence-corrected chi connectivity index (χ0v) is 24.3. The molecule has 0 fully saturated rings. The topological polar surface area (TPSA) is 81.5 Å². The number of rotatable bonds is 6. The van der Waals surface area contributed by atoms with Gasteiger partial charge < -0.3 is 4.74 Å². The molecule has 0 aliphatic rings. The molecule has 0 spiro atoms. The van der Waals surface area contributed by atoms with Gasteiger partial charge in [-0.05, 0) is 47.9 Å². The molecular formula is C29H26Cl3N3O4. The Labute approximate surface area is 240 Å². The Morgan fingerprint density at radius 3 is 2.10 bits per heavy atom. The number of imide groups is 1. The van der Waals surface area contributed by atoms with Crippen molar-refractivity contribution >= 4 is 63.3 Å². The van der Waals surface area contributed by atoms with Crippen molar-refractivity contribution in [1.82, 2.24) is 9.55 Å². The van der Waals surface area contributed by atoms with E-state index in [0.717, 1.165) is 10.5 Å². The Morgan fingerprint density at radius 2 is 1.56 bits per heavy atom. The first-order valence-corrected chi connectivity index (χ1v) is 13.3.